The van der Waals surface area contributed by atoms with E-state index in [0.29, 0.717) is 6.54 Å². The highest BCUT2D eigenvalue weighted by Gasteiger charge is 2.16. The van der Waals surface area contributed by atoms with Crippen molar-refractivity contribution in [3.63, 3.8) is 0 Å². The summed E-state index contributed by atoms with van der Waals surface area (Å²) in [5, 5.41) is 10.2. The summed E-state index contributed by atoms with van der Waals surface area (Å²) in [6.45, 7) is 7.50. The Morgan fingerprint density at radius 2 is 2.08 bits per heavy atom. The van der Waals surface area contributed by atoms with Crippen LogP contribution in [0, 0.1) is 6.92 Å². The fraction of sp³-hybridized carbons (Fsp3) is 0.474. The zero-order chi connectivity index (χ0) is 17.8. The lowest BCUT2D eigenvalue weighted by Crippen LogP contribution is -2.42. The van der Waals surface area contributed by atoms with Crippen molar-refractivity contribution in [3.8, 4) is 0 Å². The minimum absolute atomic E-state index is 0.0597. The Morgan fingerprint density at radius 3 is 2.80 bits per heavy atom. The van der Waals surface area contributed by atoms with Gasteiger partial charge in [0.15, 0.2) is 0 Å². The van der Waals surface area contributed by atoms with Crippen LogP contribution in [0.2, 0.25) is 0 Å². The SMILES string of the molecule is Cc1c(C(C)NC(=O)NCCN2CCc3ccccc3C2)cnn1C. The number of hydrogen-bond acceptors (Lipinski definition) is 3. The highest BCUT2D eigenvalue weighted by Crippen LogP contribution is 2.18. The first-order valence-electron chi connectivity index (χ1n) is 8.86. The molecule has 1 aliphatic rings. The van der Waals surface area contributed by atoms with Gasteiger partial charge in [-0.3, -0.25) is 9.58 Å². The number of amides is 2. The third kappa shape index (κ3) is 4.20. The predicted octanol–water partition coefficient (Wildman–Crippen LogP) is 2.15. The topological polar surface area (TPSA) is 62.2 Å². The first-order chi connectivity index (χ1) is 12.0. The Morgan fingerprint density at radius 1 is 1.32 bits per heavy atom. The summed E-state index contributed by atoms with van der Waals surface area (Å²) in [5.74, 6) is 0. The van der Waals surface area contributed by atoms with Crippen molar-refractivity contribution < 1.29 is 4.79 Å². The number of fused-ring (bicyclic) bond motifs is 1. The number of rotatable bonds is 5. The standard InChI is InChI=1S/C19H27N5O/c1-14(18-12-21-23(3)15(18)2)22-19(25)20-9-11-24-10-8-16-6-4-5-7-17(16)13-24/h4-7,12,14H,8-11,13H2,1-3H3,(H2,20,22,25). The molecule has 0 bridgehead atoms. The van der Waals surface area contributed by atoms with Gasteiger partial charge < -0.3 is 10.6 Å². The Hall–Kier alpha value is -2.34. The molecule has 1 atom stereocenters. The van der Waals surface area contributed by atoms with Crippen LogP contribution in [0.5, 0.6) is 0 Å². The average Bonchev–Trinajstić information content (AvgIpc) is 2.94. The third-order valence-corrected chi connectivity index (χ3v) is 5.01. The van der Waals surface area contributed by atoms with E-state index in [1.165, 1.54) is 11.1 Å². The Bertz CT molecular complexity index is 739. The molecule has 2 aromatic rings. The van der Waals surface area contributed by atoms with Crippen molar-refractivity contribution in [3.05, 3.63) is 52.8 Å². The van der Waals surface area contributed by atoms with E-state index in [1.807, 2.05) is 31.8 Å². The van der Waals surface area contributed by atoms with Crippen LogP contribution in [-0.2, 0) is 20.0 Å². The fourth-order valence-corrected chi connectivity index (χ4v) is 3.34. The molecule has 2 N–H and O–H groups in total. The van der Waals surface area contributed by atoms with Crippen LogP contribution in [0.3, 0.4) is 0 Å². The molecule has 3 rings (SSSR count). The van der Waals surface area contributed by atoms with E-state index in [4.69, 9.17) is 0 Å². The van der Waals surface area contributed by atoms with Crippen LogP contribution in [0.15, 0.2) is 30.5 Å². The van der Waals surface area contributed by atoms with Gasteiger partial charge in [0.05, 0.1) is 12.2 Å². The van der Waals surface area contributed by atoms with Crippen molar-refractivity contribution in [2.24, 2.45) is 7.05 Å². The molecule has 1 aliphatic heterocycles. The number of benzene rings is 1. The molecule has 2 heterocycles. The van der Waals surface area contributed by atoms with E-state index in [1.54, 1.807) is 0 Å². The molecule has 134 valence electrons. The quantitative estimate of drug-likeness (QED) is 0.876. The van der Waals surface area contributed by atoms with Crippen molar-refractivity contribution in [1.29, 1.82) is 0 Å². The van der Waals surface area contributed by atoms with Gasteiger partial charge in [0.2, 0.25) is 0 Å². The van der Waals surface area contributed by atoms with E-state index in [9.17, 15) is 4.79 Å². The van der Waals surface area contributed by atoms with Gasteiger partial charge in [0.25, 0.3) is 0 Å². The molecule has 6 heteroatoms. The normalized spacial score (nSPS) is 15.5. The predicted molar refractivity (Wildman–Crippen MR) is 98.3 cm³/mol. The lowest BCUT2D eigenvalue weighted by Gasteiger charge is -2.28. The number of aromatic nitrogens is 2. The maximum Gasteiger partial charge on any atom is 0.315 e. The summed E-state index contributed by atoms with van der Waals surface area (Å²) < 4.78 is 1.82. The number of urea groups is 1. The molecule has 25 heavy (non-hydrogen) atoms. The van der Waals surface area contributed by atoms with Crippen LogP contribution >= 0.6 is 0 Å². The van der Waals surface area contributed by atoms with Crippen molar-refractivity contribution >= 4 is 6.03 Å². The van der Waals surface area contributed by atoms with Crippen LogP contribution in [-0.4, -0.2) is 40.3 Å². The van der Waals surface area contributed by atoms with E-state index in [-0.39, 0.29) is 12.1 Å². The van der Waals surface area contributed by atoms with Gasteiger partial charge in [-0.1, -0.05) is 24.3 Å². The zero-order valence-corrected chi connectivity index (χ0v) is 15.2. The Labute approximate surface area is 149 Å². The van der Waals surface area contributed by atoms with Gasteiger partial charge in [0, 0.05) is 44.5 Å². The number of carbonyl (C=O) groups is 1. The van der Waals surface area contributed by atoms with Gasteiger partial charge in [-0.25, -0.2) is 4.79 Å². The largest absolute Gasteiger partial charge is 0.337 e. The average molecular weight is 341 g/mol. The smallest absolute Gasteiger partial charge is 0.315 e. The fourth-order valence-electron chi connectivity index (χ4n) is 3.34. The van der Waals surface area contributed by atoms with Gasteiger partial charge >= 0.3 is 6.03 Å². The van der Waals surface area contributed by atoms with Crippen LogP contribution in [0.4, 0.5) is 4.79 Å². The molecule has 1 unspecified atom stereocenters. The van der Waals surface area contributed by atoms with Crippen molar-refractivity contribution in [1.82, 2.24) is 25.3 Å². The monoisotopic (exact) mass is 341 g/mol. The summed E-state index contributed by atoms with van der Waals surface area (Å²) in [7, 11) is 1.91. The molecule has 0 saturated heterocycles. The summed E-state index contributed by atoms with van der Waals surface area (Å²) in [6, 6.07) is 8.41. The molecule has 0 fully saturated rings. The van der Waals surface area contributed by atoms with Gasteiger partial charge in [0.1, 0.15) is 0 Å². The van der Waals surface area contributed by atoms with Crippen LogP contribution in [0.25, 0.3) is 0 Å². The maximum atomic E-state index is 12.1. The second-order valence-corrected chi connectivity index (χ2v) is 6.73. The second-order valence-electron chi connectivity index (χ2n) is 6.73. The molecule has 6 nitrogen and oxygen atoms in total. The number of nitrogens with zero attached hydrogens (tertiary/aromatic N) is 3. The van der Waals surface area contributed by atoms with Crippen molar-refractivity contribution in [2.75, 3.05) is 19.6 Å². The zero-order valence-electron chi connectivity index (χ0n) is 15.2. The van der Waals surface area contributed by atoms with E-state index < -0.39 is 0 Å². The summed E-state index contributed by atoms with van der Waals surface area (Å²) in [6.07, 6.45) is 2.89. The molecular formula is C19H27N5O. The van der Waals surface area contributed by atoms with Crippen LogP contribution in [0.1, 0.15) is 35.3 Å². The number of nitrogens with one attached hydrogen (secondary N) is 2. The molecule has 0 spiro atoms. The Kier molecular flexibility index (Phi) is 5.38. The van der Waals surface area contributed by atoms with E-state index >= 15 is 0 Å². The van der Waals surface area contributed by atoms with Gasteiger partial charge in [-0.2, -0.15) is 5.10 Å². The van der Waals surface area contributed by atoms with E-state index in [0.717, 1.165) is 37.3 Å². The molecular weight excluding hydrogens is 314 g/mol. The minimum atomic E-state index is -0.131. The first kappa shape index (κ1) is 17.5. The summed E-state index contributed by atoms with van der Waals surface area (Å²) in [5.41, 5.74) is 4.97. The lowest BCUT2D eigenvalue weighted by molar-refractivity contribution is 0.228. The van der Waals surface area contributed by atoms with Gasteiger partial charge in [-0.05, 0) is 31.4 Å². The Balaban J connectivity index is 1.42. The number of carbonyl (C=O) groups excluding carboxylic acids is 1. The highest BCUT2D eigenvalue weighted by atomic mass is 16.2. The summed E-state index contributed by atoms with van der Waals surface area (Å²) >= 11 is 0. The molecule has 1 aromatic heterocycles. The highest BCUT2D eigenvalue weighted by molar-refractivity contribution is 5.74. The first-order valence-corrected chi connectivity index (χ1v) is 8.86. The third-order valence-electron chi connectivity index (χ3n) is 5.01. The van der Waals surface area contributed by atoms with Crippen molar-refractivity contribution in [2.45, 2.75) is 32.9 Å². The molecule has 0 aliphatic carbocycles. The second kappa shape index (κ2) is 7.70. The molecule has 2 amide bonds. The van der Waals surface area contributed by atoms with Crippen LogP contribution < -0.4 is 10.6 Å². The maximum absolute atomic E-state index is 12.1. The number of hydrogen-bond donors (Lipinski definition) is 2. The van der Waals surface area contributed by atoms with E-state index in [2.05, 4.69) is 44.9 Å². The molecule has 0 radical (unpaired) electrons. The lowest BCUT2D eigenvalue weighted by atomic mass is 10.00. The number of aryl methyl sites for hydroxylation is 1. The summed E-state index contributed by atoms with van der Waals surface area (Å²) in [4.78, 5) is 14.5. The van der Waals surface area contributed by atoms with Gasteiger partial charge in [-0.15, -0.1) is 0 Å². The minimum Gasteiger partial charge on any atom is -0.337 e. The molecule has 1 aromatic carbocycles. The molecule has 0 saturated carbocycles.